The van der Waals surface area contributed by atoms with E-state index in [-0.39, 0.29) is 10.6 Å². The van der Waals surface area contributed by atoms with E-state index in [1.165, 1.54) is 6.07 Å². The van der Waals surface area contributed by atoms with E-state index in [1.807, 2.05) is 6.92 Å². The molecule has 1 aromatic rings. The van der Waals surface area contributed by atoms with Crippen LogP contribution < -0.4 is 5.73 Å². The van der Waals surface area contributed by atoms with Gasteiger partial charge in [-0.2, -0.15) is 0 Å². The first kappa shape index (κ1) is 9.51. The molecule has 0 aliphatic heterocycles. The molecule has 0 spiro atoms. The fourth-order valence-electron chi connectivity index (χ4n) is 1.23. The Bertz CT molecular complexity index is 323. The quantitative estimate of drug-likeness (QED) is 0.440. The van der Waals surface area contributed by atoms with Crippen molar-refractivity contribution in [3.8, 4) is 0 Å². The molecule has 0 aliphatic rings. The van der Waals surface area contributed by atoms with Crippen molar-refractivity contribution in [3.63, 3.8) is 0 Å². The highest BCUT2D eigenvalue weighted by Gasteiger charge is 2.12. The Labute approximate surface area is 76.5 Å². The Kier molecular flexibility index (Phi) is 2.84. The minimum absolute atomic E-state index is 0.127. The van der Waals surface area contributed by atoms with E-state index in [0.717, 1.165) is 18.4 Å². The summed E-state index contributed by atoms with van der Waals surface area (Å²) in [7, 11) is 0. The van der Waals surface area contributed by atoms with Gasteiger partial charge in [-0.05, 0) is 12.5 Å². The van der Waals surface area contributed by atoms with E-state index in [1.54, 1.807) is 12.1 Å². The van der Waals surface area contributed by atoms with Gasteiger partial charge in [0.1, 0.15) is 0 Å². The van der Waals surface area contributed by atoms with Crippen LogP contribution >= 0.6 is 0 Å². The molecule has 0 bridgehead atoms. The van der Waals surface area contributed by atoms with Crippen LogP contribution in [0.15, 0.2) is 18.2 Å². The number of hydrogen-bond donors (Lipinski definition) is 1. The van der Waals surface area contributed by atoms with Gasteiger partial charge >= 0.3 is 0 Å². The van der Waals surface area contributed by atoms with Crippen molar-refractivity contribution >= 4 is 11.4 Å². The van der Waals surface area contributed by atoms with E-state index < -0.39 is 0 Å². The van der Waals surface area contributed by atoms with Crippen molar-refractivity contribution in [2.24, 2.45) is 0 Å². The Hall–Kier alpha value is -1.58. The number of rotatable bonds is 3. The Morgan fingerprint density at radius 2 is 2.23 bits per heavy atom. The molecule has 1 aromatic carbocycles. The summed E-state index contributed by atoms with van der Waals surface area (Å²) in [4.78, 5) is 10.2. The number of aryl methyl sites for hydroxylation is 1. The SMILES string of the molecule is CCCc1ccc(N)cc1[N+](=O)[O-]. The molecule has 13 heavy (non-hydrogen) atoms. The maximum absolute atomic E-state index is 10.6. The number of nitro groups is 1. The van der Waals surface area contributed by atoms with Crippen LogP contribution in [0.4, 0.5) is 11.4 Å². The predicted molar refractivity (Wildman–Crippen MR) is 51.5 cm³/mol. The molecule has 2 N–H and O–H groups in total. The van der Waals surface area contributed by atoms with Gasteiger partial charge in [0.25, 0.3) is 5.69 Å². The van der Waals surface area contributed by atoms with Crippen LogP contribution in [-0.2, 0) is 6.42 Å². The van der Waals surface area contributed by atoms with Crippen molar-refractivity contribution in [3.05, 3.63) is 33.9 Å². The predicted octanol–water partition coefficient (Wildman–Crippen LogP) is 2.13. The molecule has 4 nitrogen and oxygen atoms in total. The lowest BCUT2D eigenvalue weighted by Gasteiger charge is -2.01. The highest BCUT2D eigenvalue weighted by Crippen LogP contribution is 2.22. The van der Waals surface area contributed by atoms with Crippen molar-refractivity contribution < 1.29 is 4.92 Å². The normalized spacial score (nSPS) is 9.92. The average molecular weight is 180 g/mol. The first-order chi connectivity index (χ1) is 6.15. The van der Waals surface area contributed by atoms with E-state index in [0.29, 0.717) is 5.69 Å². The number of anilines is 1. The molecule has 4 heteroatoms. The molecule has 0 saturated heterocycles. The molecule has 0 aliphatic carbocycles. The summed E-state index contributed by atoms with van der Waals surface area (Å²) in [5.41, 5.74) is 6.77. The van der Waals surface area contributed by atoms with Gasteiger partial charge in [0, 0.05) is 17.3 Å². The zero-order chi connectivity index (χ0) is 9.84. The molecule has 0 heterocycles. The van der Waals surface area contributed by atoms with Crippen LogP contribution in [0, 0.1) is 10.1 Å². The summed E-state index contributed by atoms with van der Waals surface area (Å²) >= 11 is 0. The summed E-state index contributed by atoms with van der Waals surface area (Å²) in [5, 5.41) is 10.6. The number of hydrogen-bond acceptors (Lipinski definition) is 3. The van der Waals surface area contributed by atoms with Crippen molar-refractivity contribution in [2.45, 2.75) is 19.8 Å². The summed E-state index contributed by atoms with van der Waals surface area (Å²) < 4.78 is 0. The lowest BCUT2D eigenvalue weighted by Crippen LogP contribution is -1.97. The third-order valence-corrected chi connectivity index (χ3v) is 1.83. The van der Waals surface area contributed by atoms with Gasteiger partial charge in [-0.25, -0.2) is 0 Å². The average Bonchev–Trinajstić information content (AvgIpc) is 2.08. The Morgan fingerprint density at radius 1 is 1.54 bits per heavy atom. The first-order valence-corrected chi connectivity index (χ1v) is 4.18. The molecule has 0 saturated carbocycles. The highest BCUT2D eigenvalue weighted by molar-refractivity contribution is 5.52. The maximum atomic E-state index is 10.6. The minimum atomic E-state index is -0.388. The first-order valence-electron chi connectivity index (χ1n) is 4.18. The molecular formula is C9H12N2O2. The van der Waals surface area contributed by atoms with Crippen LogP contribution in [0.5, 0.6) is 0 Å². The molecular weight excluding hydrogens is 168 g/mol. The van der Waals surface area contributed by atoms with Gasteiger partial charge < -0.3 is 5.73 Å². The van der Waals surface area contributed by atoms with Gasteiger partial charge in [0.15, 0.2) is 0 Å². The topological polar surface area (TPSA) is 69.2 Å². The second-order valence-electron chi connectivity index (χ2n) is 2.90. The van der Waals surface area contributed by atoms with Gasteiger partial charge in [-0.3, -0.25) is 10.1 Å². The van der Waals surface area contributed by atoms with E-state index in [4.69, 9.17) is 5.73 Å². The van der Waals surface area contributed by atoms with Crippen LogP contribution in [0.1, 0.15) is 18.9 Å². The summed E-state index contributed by atoms with van der Waals surface area (Å²) in [6.45, 7) is 1.99. The smallest absolute Gasteiger partial charge is 0.274 e. The second-order valence-corrected chi connectivity index (χ2v) is 2.90. The lowest BCUT2D eigenvalue weighted by molar-refractivity contribution is -0.385. The number of nitrogens with zero attached hydrogens (tertiary/aromatic N) is 1. The molecule has 0 amide bonds. The molecule has 0 aromatic heterocycles. The number of nitro benzene ring substituents is 1. The fraction of sp³-hybridized carbons (Fsp3) is 0.333. The zero-order valence-electron chi connectivity index (χ0n) is 7.49. The van der Waals surface area contributed by atoms with Crippen LogP contribution in [-0.4, -0.2) is 4.92 Å². The van der Waals surface area contributed by atoms with Gasteiger partial charge in [0.05, 0.1) is 4.92 Å². The fourth-order valence-corrected chi connectivity index (χ4v) is 1.23. The van der Waals surface area contributed by atoms with Crippen molar-refractivity contribution in [1.82, 2.24) is 0 Å². The molecule has 0 radical (unpaired) electrons. The Balaban J connectivity index is 3.10. The summed E-state index contributed by atoms with van der Waals surface area (Å²) in [6.07, 6.45) is 1.61. The van der Waals surface area contributed by atoms with Crippen molar-refractivity contribution in [1.29, 1.82) is 0 Å². The largest absolute Gasteiger partial charge is 0.399 e. The molecule has 1 rings (SSSR count). The summed E-state index contributed by atoms with van der Waals surface area (Å²) in [5.74, 6) is 0. The Morgan fingerprint density at radius 3 is 2.77 bits per heavy atom. The van der Waals surface area contributed by atoms with Crippen LogP contribution in [0.3, 0.4) is 0 Å². The number of nitrogen functional groups attached to an aromatic ring is 1. The highest BCUT2D eigenvalue weighted by atomic mass is 16.6. The summed E-state index contributed by atoms with van der Waals surface area (Å²) in [6, 6.07) is 4.82. The van der Waals surface area contributed by atoms with Crippen molar-refractivity contribution in [2.75, 3.05) is 5.73 Å². The van der Waals surface area contributed by atoms with E-state index >= 15 is 0 Å². The van der Waals surface area contributed by atoms with Crippen LogP contribution in [0.2, 0.25) is 0 Å². The number of nitrogens with two attached hydrogens (primary N) is 1. The van der Waals surface area contributed by atoms with E-state index in [9.17, 15) is 10.1 Å². The zero-order valence-corrected chi connectivity index (χ0v) is 7.49. The lowest BCUT2D eigenvalue weighted by atomic mass is 10.1. The van der Waals surface area contributed by atoms with E-state index in [2.05, 4.69) is 0 Å². The molecule has 70 valence electrons. The molecule has 0 fully saturated rings. The van der Waals surface area contributed by atoms with Gasteiger partial charge in [0.2, 0.25) is 0 Å². The number of benzene rings is 1. The molecule has 0 atom stereocenters. The molecule has 0 unspecified atom stereocenters. The van der Waals surface area contributed by atoms with Gasteiger partial charge in [-0.1, -0.05) is 19.4 Å². The maximum Gasteiger partial charge on any atom is 0.274 e. The van der Waals surface area contributed by atoms with Crippen LogP contribution in [0.25, 0.3) is 0 Å². The second kappa shape index (κ2) is 3.89. The minimum Gasteiger partial charge on any atom is -0.399 e. The monoisotopic (exact) mass is 180 g/mol. The standard InChI is InChI=1S/C9H12N2O2/c1-2-3-7-4-5-8(10)6-9(7)11(12)13/h4-6H,2-3,10H2,1H3. The third-order valence-electron chi connectivity index (χ3n) is 1.83. The third kappa shape index (κ3) is 2.18. The van der Waals surface area contributed by atoms with Gasteiger partial charge in [-0.15, -0.1) is 0 Å².